The minimum Gasteiger partial charge on any atom is -0.293 e. The van der Waals surface area contributed by atoms with Crippen LogP contribution in [-0.4, -0.2) is 16.1 Å². The van der Waals surface area contributed by atoms with Crippen LogP contribution in [0.3, 0.4) is 0 Å². The molecule has 1 aromatic heterocycles. The monoisotopic (exact) mass is 146 g/mol. The highest BCUT2D eigenvalue weighted by Crippen LogP contribution is 2.08. The zero-order valence-corrected chi connectivity index (χ0v) is 5.34. The maximum atomic E-state index is 10.5. The first kappa shape index (κ1) is 6.22. The SMILES string of the molecule is CC(=O)c1nonc1Cl. The van der Waals surface area contributed by atoms with Crippen LogP contribution in [0.5, 0.6) is 0 Å². The average Bonchev–Trinajstić information content (AvgIpc) is 2.13. The van der Waals surface area contributed by atoms with Gasteiger partial charge in [0.15, 0.2) is 11.5 Å². The Bertz CT molecular complexity index is 232. The lowest BCUT2D eigenvalue weighted by molar-refractivity contribution is 0.100. The molecule has 0 amide bonds. The molecule has 0 unspecified atom stereocenters. The van der Waals surface area contributed by atoms with E-state index in [-0.39, 0.29) is 16.6 Å². The number of Topliss-reactive ketones (excluding diaryl/α,β-unsaturated/α-hetero) is 1. The molecule has 0 atom stereocenters. The highest BCUT2D eigenvalue weighted by molar-refractivity contribution is 6.32. The summed E-state index contributed by atoms with van der Waals surface area (Å²) >= 11 is 5.35. The van der Waals surface area contributed by atoms with Crippen molar-refractivity contribution in [1.29, 1.82) is 0 Å². The van der Waals surface area contributed by atoms with Crippen LogP contribution in [0.25, 0.3) is 0 Å². The molecule has 0 saturated heterocycles. The van der Waals surface area contributed by atoms with Crippen molar-refractivity contribution in [2.24, 2.45) is 0 Å². The van der Waals surface area contributed by atoms with E-state index < -0.39 is 0 Å². The molecule has 1 aromatic rings. The molecule has 4 nitrogen and oxygen atoms in total. The van der Waals surface area contributed by atoms with Crippen molar-refractivity contribution in [3.63, 3.8) is 0 Å². The Balaban J connectivity index is 3.08. The van der Waals surface area contributed by atoms with E-state index >= 15 is 0 Å². The molecule has 1 rings (SSSR count). The van der Waals surface area contributed by atoms with Crippen LogP contribution in [0, 0.1) is 0 Å². The van der Waals surface area contributed by atoms with Gasteiger partial charge in [0.1, 0.15) is 0 Å². The molecule has 0 spiro atoms. The first-order chi connectivity index (χ1) is 4.22. The van der Waals surface area contributed by atoms with Crippen molar-refractivity contribution in [3.05, 3.63) is 10.8 Å². The maximum Gasteiger partial charge on any atom is 0.204 e. The van der Waals surface area contributed by atoms with Gasteiger partial charge >= 0.3 is 0 Å². The van der Waals surface area contributed by atoms with Crippen LogP contribution in [-0.2, 0) is 0 Å². The molecular formula is C4H3ClN2O2. The standard InChI is InChI=1S/C4H3ClN2O2/c1-2(8)3-4(5)7-9-6-3/h1H3. The summed E-state index contributed by atoms with van der Waals surface area (Å²) in [6.07, 6.45) is 0. The smallest absolute Gasteiger partial charge is 0.204 e. The third kappa shape index (κ3) is 1.08. The molecule has 0 saturated carbocycles. The number of hydrogen-bond donors (Lipinski definition) is 0. The maximum absolute atomic E-state index is 10.5. The summed E-state index contributed by atoms with van der Waals surface area (Å²) < 4.78 is 4.15. The number of carbonyl (C=O) groups is 1. The van der Waals surface area contributed by atoms with Gasteiger partial charge in [-0.2, -0.15) is 0 Å². The summed E-state index contributed by atoms with van der Waals surface area (Å²) in [6.45, 7) is 1.34. The van der Waals surface area contributed by atoms with Crippen molar-refractivity contribution in [3.8, 4) is 0 Å². The van der Waals surface area contributed by atoms with Gasteiger partial charge in [0.2, 0.25) is 5.15 Å². The molecule has 5 heteroatoms. The van der Waals surface area contributed by atoms with E-state index in [0.29, 0.717) is 0 Å². The van der Waals surface area contributed by atoms with Crippen LogP contribution in [0.15, 0.2) is 4.63 Å². The second kappa shape index (κ2) is 2.14. The lowest BCUT2D eigenvalue weighted by Crippen LogP contribution is -1.91. The molecule has 0 aromatic carbocycles. The van der Waals surface area contributed by atoms with Crippen molar-refractivity contribution < 1.29 is 9.42 Å². The van der Waals surface area contributed by atoms with Crippen LogP contribution in [0.1, 0.15) is 17.4 Å². The molecule has 0 radical (unpaired) electrons. The number of ketones is 1. The molecule has 0 bridgehead atoms. The molecule has 48 valence electrons. The van der Waals surface area contributed by atoms with Gasteiger partial charge < -0.3 is 0 Å². The van der Waals surface area contributed by atoms with Crippen LogP contribution in [0.4, 0.5) is 0 Å². The summed E-state index contributed by atoms with van der Waals surface area (Å²) in [4.78, 5) is 10.5. The largest absolute Gasteiger partial charge is 0.293 e. The number of halogens is 1. The van der Waals surface area contributed by atoms with E-state index in [0.717, 1.165) is 0 Å². The molecule has 1 heterocycles. The minimum absolute atomic E-state index is 0.0162. The Kier molecular flexibility index (Phi) is 1.48. The molecule has 0 aliphatic rings. The number of rotatable bonds is 1. The molecular weight excluding hydrogens is 144 g/mol. The predicted octanol–water partition coefficient (Wildman–Crippen LogP) is 0.926. The fraction of sp³-hybridized carbons (Fsp3) is 0.250. The lowest BCUT2D eigenvalue weighted by Gasteiger charge is -1.78. The first-order valence-corrected chi connectivity index (χ1v) is 2.58. The fourth-order valence-electron chi connectivity index (χ4n) is 0.388. The minimum atomic E-state index is -0.249. The number of carbonyl (C=O) groups excluding carboxylic acids is 1. The second-order valence-corrected chi connectivity index (χ2v) is 1.82. The number of aromatic nitrogens is 2. The van der Waals surface area contributed by atoms with E-state index in [2.05, 4.69) is 14.9 Å². The summed E-state index contributed by atoms with van der Waals surface area (Å²) in [5.74, 6) is -0.249. The Labute approximate surface area is 55.8 Å². The van der Waals surface area contributed by atoms with Gasteiger partial charge in [-0.3, -0.25) is 4.79 Å². The normalized spacial score (nSPS) is 9.56. The Morgan fingerprint density at radius 1 is 1.67 bits per heavy atom. The van der Waals surface area contributed by atoms with Gasteiger partial charge in [-0.15, -0.1) is 0 Å². The van der Waals surface area contributed by atoms with Gasteiger partial charge in [0, 0.05) is 6.92 Å². The Morgan fingerprint density at radius 3 is 2.56 bits per heavy atom. The number of hydrogen-bond acceptors (Lipinski definition) is 4. The van der Waals surface area contributed by atoms with Crippen LogP contribution >= 0.6 is 11.6 Å². The molecule has 9 heavy (non-hydrogen) atoms. The third-order valence-electron chi connectivity index (χ3n) is 0.782. The van der Waals surface area contributed by atoms with E-state index in [1.54, 1.807) is 0 Å². The predicted molar refractivity (Wildman–Crippen MR) is 29.3 cm³/mol. The molecule has 0 N–H and O–H groups in total. The van der Waals surface area contributed by atoms with Crippen LogP contribution < -0.4 is 0 Å². The zero-order chi connectivity index (χ0) is 6.85. The van der Waals surface area contributed by atoms with Gasteiger partial charge in [-0.05, 0) is 10.3 Å². The Hall–Kier alpha value is -0.900. The van der Waals surface area contributed by atoms with Crippen molar-refractivity contribution >= 4 is 17.4 Å². The van der Waals surface area contributed by atoms with Gasteiger partial charge in [0.05, 0.1) is 0 Å². The second-order valence-electron chi connectivity index (χ2n) is 1.46. The van der Waals surface area contributed by atoms with Gasteiger partial charge in [0.25, 0.3) is 0 Å². The highest BCUT2D eigenvalue weighted by Gasteiger charge is 2.10. The van der Waals surface area contributed by atoms with E-state index in [1.165, 1.54) is 6.92 Å². The van der Waals surface area contributed by atoms with Crippen LogP contribution in [0.2, 0.25) is 5.15 Å². The first-order valence-electron chi connectivity index (χ1n) is 2.21. The Morgan fingerprint density at radius 2 is 2.33 bits per heavy atom. The topological polar surface area (TPSA) is 56.0 Å². The molecule has 0 aliphatic heterocycles. The number of nitrogens with zero attached hydrogens (tertiary/aromatic N) is 2. The van der Waals surface area contributed by atoms with E-state index in [9.17, 15) is 4.79 Å². The van der Waals surface area contributed by atoms with Crippen molar-refractivity contribution in [2.75, 3.05) is 0 Å². The van der Waals surface area contributed by atoms with E-state index in [1.807, 2.05) is 0 Å². The lowest BCUT2D eigenvalue weighted by atomic mass is 10.3. The summed E-state index contributed by atoms with van der Waals surface area (Å²) in [5, 5.41) is 6.46. The van der Waals surface area contributed by atoms with Gasteiger partial charge in [-0.1, -0.05) is 11.6 Å². The fourth-order valence-corrected chi connectivity index (χ4v) is 0.586. The van der Waals surface area contributed by atoms with Gasteiger partial charge in [-0.25, -0.2) is 4.63 Å². The average molecular weight is 147 g/mol. The summed E-state index contributed by atoms with van der Waals surface area (Å²) in [5.41, 5.74) is 0.0802. The van der Waals surface area contributed by atoms with E-state index in [4.69, 9.17) is 11.6 Å². The highest BCUT2D eigenvalue weighted by atomic mass is 35.5. The third-order valence-corrected chi connectivity index (χ3v) is 1.03. The summed E-state index contributed by atoms with van der Waals surface area (Å²) in [7, 11) is 0. The molecule has 0 fully saturated rings. The quantitative estimate of drug-likeness (QED) is 0.553. The van der Waals surface area contributed by atoms with Crippen molar-refractivity contribution in [2.45, 2.75) is 6.92 Å². The summed E-state index contributed by atoms with van der Waals surface area (Å²) in [6, 6.07) is 0. The zero-order valence-electron chi connectivity index (χ0n) is 4.59. The molecule has 0 aliphatic carbocycles. The van der Waals surface area contributed by atoms with Crippen molar-refractivity contribution in [1.82, 2.24) is 10.3 Å².